The highest BCUT2D eigenvalue weighted by Crippen LogP contribution is 2.24. The van der Waals surface area contributed by atoms with Crippen LogP contribution in [0, 0.1) is 0 Å². The topological polar surface area (TPSA) is 109 Å². The van der Waals surface area contributed by atoms with Crippen LogP contribution in [0.5, 0.6) is 0 Å². The number of hydrogen-bond acceptors (Lipinski definition) is 6. The van der Waals surface area contributed by atoms with Crippen molar-refractivity contribution in [3.8, 4) is 5.69 Å². The first-order chi connectivity index (χ1) is 20.2. The number of nitrogens with zero attached hydrogens (tertiary/aromatic N) is 3. The fraction of sp³-hybridized carbons (Fsp3) is 0.433. The number of aromatic nitrogens is 2. The number of carbonyl (C=O) groups excluding carboxylic acids is 1. The van der Waals surface area contributed by atoms with Crippen LogP contribution >= 0.6 is 0 Å². The SMILES string of the molecule is O=C(N[C@@H]1CCCC[C@H]1N[C@H]1CCCN(c2ccc(-n3cccn3)cc2)C1)OCc1ccccc1.O=C(O)C(F)(F)F. The highest BCUT2D eigenvalue weighted by molar-refractivity contribution is 5.73. The van der Waals surface area contributed by atoms with E-state index in [4.69, 9.17) is 14.6 Å². The fourth-order valence-corrected chi connectivity index (χ4v) is 5.31. The standard InChI is InChI=1S/C28H35N5O2.C2HF3O2/c34-28(35-21-22-8-2-1-3-9-22)31-27-12-5-4-11-26(27)30-23-10-6-18-32(20-23)24-13-15-25(16-14-24)33-19-7-17-29-33;3-2(4,5)1(6)7/h1-3,7-9,13-17,19,23,26-27,30H,4-6,10-12,18,20-21H2,(H,31,34);(H,6,7)/t23-,26+,27+;/m0./s1. The smallest absolute Gasteiger partial charge is 0.475 e. The second-order valence-electron chi connectivity index (χ2n) is 10.4. The Bertz CT molecular complexity index is 1260. The molecule has 1 saturated heterocycles. The summed E-state index contributed by atoms with van der Waals surface area (Å²) in [6.07, 6.45) is 5.07. The van der Waals surface area contributed by atoms with Gasteiger partial charge < -0.3 is 25.4 Å². The average Bonchev–Trinajstić information content (AvgIpc) is 3.53. The first-order valence-corrected chi connectivity index (χ1v) is 14.1. The molecule has 2 heterocycles. The lowest BCUT2D eigenvalue weighted by molar-refractivity contribution is -0.192. The van der Waals surface area contributed by atoms with E-state index in [1.165, 1.54) is 12.1 Å². The Labute approximate surface area is 242 Å². The van der Waals surface area contributed by atoms with E-state index in [9.17, 15) is 18.0 Å². The number of alkyl halides is 3. The molecule has 2 fully saturated rings. The van der Waals surface area contributed by atoms with E-state index in [0.717, 1.165) is 56.4 Å². The van der Waals surface area contributed by atoms with Crippen molar-refractivity contribution in [3.05, 3.63) is 78.6 Å². The van der Waals surface area contributed by atoms with Crippen molar-refractivity contribution in [2.75, 3.05) is 18.0 Å². The van der Waals surface area contributed by atoms with Crippen LogP contribution in [-0.4, -0.2) is 64.3 Å². The molecule has 0 unspecified atom stereocenters. The molecule has 0 radical (unpaired) electrons. The Kier molecular flexibility index (Phi) is 10.8. The van der Waals surface area contributed by atoms with Crippen molar-refractivity contribution in [2.24, 2.45) is 0 Å². The normalized spacial score (nSPS) is 20.6. The highest BCUT2D eigenvalue weighted by atomic mass is 19.4. The van der Waals surface area contributed by atoms with Crippen molar-refractivity contribution in [1.29, 1.82) is 0 Å². The first-order valence-electron chi connectivity index (χ1n) is 14.1. The molecule has 2 aromatic carbocycles. The lowest BCUT2D eigenvalue weighted by atomic mass is 9.89. The van der Waals surface area contributed by atoms with Crippen molar-refractivity contribution in [1.82, 2.24) is 20.4 Å². The number of anilines is 1. The number of hydrogen-bond donors (Lipinski definition) is 3. The number of piperidine rings is 1. The third kappa shape index (κ3) is 9.23. The summed E-state index contributed by atoms with van der Waals surface area (Å²) < 4.78 is 39.1. The molecule has 5 rings (SSSR count). The Morgan fingerprint density at radius 3 is 2.24 bits per heavy atom. The maximum atomic E-state index is 12.5. The maximum absolute atomic E-state index is 12.5. The van der Waals surface area contributed by atoms with Crippen molar-refractivity contribution < 1.29 is 32.6 Å². The summed E-state index contributed by atoms with van der Waals surface area (Å²) in [4.78, 5) is 23.9. The van der Waals surface area contributed by atoms with Crippen LogP contribution in [0.2, 0.25) is 0 Å². The van der Waals surface area contributed by atoms with Gasteiger partial charge in [-0.1, -0.05) is 43.2 Å². The summed E-state index contributed by atoms with van der Waals surface area (Å²) in [6, 6.07) is 21.2. The number of halogens is 3. The lowest BCUT2D eigenvalue weighted by Gasteiger charge is -2.40. The van der Waals surface area contributed by atoms with Crippen LogP contribution in [0.15, 0.2) is 73.1 Å². The van der Waals surface area contributed by atoms with Crippen LogP contribution in [0.3, 0.4) is 0 Å². The third-order valence-electron chi connectivity index (χ3n) is 7.38. The summed E-state index contributed by atoms with van der Waals surface area (Å²) in [5, 5.41) is 18.5. The summed E-state index contributed by atoms with van der Waals surface area (Å²) in [5.41, 5.74) is 3.32. The van der Waals surface area contributed by atoms with E-state index >= 15 is 0 Å². The van der Waals surface area contributed by atoms with Gasteiger partial charge >= 0.3 is 18.2 Å². The zero-order valence-corrected chi connectivity index (χ0v) is 23.2. The third-order valence-corrected chi connectivity index (χ3v) is 7.38. The molecule has 1 aliphatic heterocycles. The minimum atomic E-state index is -5.08. The van der Waals surface area contributed by atoms with Gasteiger partial charge in [-0.3, -0.25) is 0 Å². The van der Waals surface area contributed by atoms with Crippen LogP contribution < -0.4 is 15.5 Å². The number of alkyl carbamates (subject to hydrolysis) is 1. The minimum Gasteiger partial charge on any atom is -0.475 e. The largest absolute Gasteiger partial charge is 0.490 e. The highest BCUT2D eigenvalue weighted by Gasteiger charge is 2.38. The van der Waals surface area contributed by atoms with Gasteiger partial charge in [0.2, 0.25) is 0 Å². The molecule has 9 nitrogen and oxygen atoms in total. The van der Waals surface area contributed by atoms with Gasteiger partial charge in [0.25, 0.3) is 0 Å². The van der Waals surface area contributed by atoms with E-state index in [1.807, 2.05) is 47.3 Å². The van der Waals surface area contributed by atoms with Gasteiger partial charge in [0, 0.05) is 49.3 Å². The molecule has 1 amide bonds. The molecule has 0 spiro atoms. The van der Waals surface area contributed by atoms with Crippen LogP contribution in [0.1, 0.15) is 44.1 Å². The number of ether oxygens (including phenoxy) is 1. The molecule has 3 atom stereocenters. The van der Waals surface area contributed by atoms with E-state index in [-0.39, 0.29) is 18.2 Å². The van der Waals surface area contributed by atoms with Crippen molar-refractivity contribution in [2.45, 2.75) is 69.4 Å². The molecule has 2 aliphatic rings. The Morgan fingerprint density at radius 2 is 1.60 bits per heavy atom. The second kappa shape index (κ2) is 14.7. The number of rotatable bonds is 7. The maximum Gasteiger partial charge on any atom is 0.490 e. The lowest BCUT2D eigenvalue weighted by Crippen LogP contribution is -2.57. The van der Waals surface area contributed by atoms with Gasteiger partial charge in [-0.2, -0.15) is 18.3 Å². The number of amides is 1. The summed E-state index contributed by atoms with van der Waals surface area (Å²) >= 11 is 0. The van der Waals surface area contributed by atoms with Gasteiger partial charge in [0.05, 0.1) is 5.69 Å². The van der Waals surface area contributed by atoms with Crippen LogP contribution in [0.4, 0.5) is 23.7 Å². The molecule has 3 aromatic rings. The number of benzene rings is 2. The molecular formula is C30H36F3N5O4. The molecule has 3 N–H and O–H groups in total. The fourth-order valence-electron chi connectivity index (χ4n) is 5.31. The van der Waals surface area contributed by atoms with Crippen molar-refractivity contribution >= 4 is 17.7 Å². The number of carboxylic acids is 1. The quantitative estimate of drug-likeness (QED) is 0.344. The Balaban J connectivity index is 0.000000517. The molecule has 42 heavy (non-hydrogen) atoms. The van der Waals surface area contributed by atoms with E-state index in [1.54, 1.807) is 6.20 Å². The number of aliphatic carboxylic acids is 1. The van der Waals surface area contributed by atoms with Crippen molar-refractivity contribution in [3.63, 3.8) is 0 Å². The summed E-state index contributed by atoms with van der Waals surface area (Å²) in [7, 11) is 0. The van der Waals surface area contributed by atoms with E-state index in [0.29, 0.717) is 12.6 Å². The molecule has 226 valence electrons. The first kappa shape index (κ1) is 30.9. The van der Waals surface area contributed by atoms with E-state index < -0.39 is 12.1 Å². The summed E-state index contributed by atoms with van der Waals surface area (Å²) in [5.74, 6) is -2.76. The monoisotopic (exact) mass is 587 g/mol. The number of carboxylic acid groups (broad SMARTS) is 1. The molecular weight excluding hydrogens is 551 g/mol. The molecule has 12 heteroatoms. The van der Waals surface area contributed by atoms with Gasteiger partial charge in [-0.15, -0.1) is 0 Å². The molecule has 1 saturated carbocycles. The Morgan fingerprint density at radius 1 is 0.929 bits per heavy atom. The predicted octanol–water partition coefficient (Wildman–Crippen LogP) is 5.30. The predicted molar refractivity (Wildman–Crippen MR) is 151 cm³/mol. The number of nitrogens with one attached hydrogen (secondary N) is 2. The summed E-state index contributed by atoms with van der Waals surface area (Å²) in [6.45, 7) is 2.34. The van der Waals surface area contributed by atoms with Gasteiger partial charge in [0.15, 0.2) is 0 Å². The number of carbonyl (C=O) groups is 2. The molecule has 1 aliphatic carbocycles. The van der Waals surface area contributed by atoms with Gasteiger partial charge in [0.1, 0.15) is 6.61 Å². The molecule has 1 aromatic heterocycles. The average molecular weight is 588 g/mol. The second-order valence-corrected chi connectivity index (χ2v) is 10.4. The van der Waals surface area contributed by atoms with Crippen LogP contribution in [-0.2, 0) is 16.1 Å². The van der Waals surface area contributed by atoms with E-state index in [2.05, 4.69) is 44.9 Å². The Hall–Kier alpha value is -4.06. The van der Waals surface area contributed by atoms with Gasteiger partial charge in [-0.05, 0) is 61.6 Å². The zero-order valence-electron chi connectivity index (χ0n) is 23.2. The van der Waals surface area contributed by atoms with Crippen LogP contribution in [0.25, 0.3) is 5.69 Å². The molecule has 0 bridgehead atoms. The zero-order chi connectivity index (χ0) is 30.0. The minimum absolute atomic E-state index is 0.107. The van der Waals surface area contributed by atoms with Gasteiger partial charge in [-0.25, -0.2) is 14.3 Å².